The average molecular weight is 1950 g/mol. The number of ether oxygens (including phenoxy) is 17. The molecule has 0 saturated carbocycles. The minimum Gasteiger partial charge on any atom is -0.478 e. The number of carbonyl (C=O) groups is 8. The lowest BCUT2D eigenvalue weighted by Gasteiger charge is -2.39. The lowest BCUT2D eigenvalue weighted by atomic mass is 9.99. The van der Waals surface area contributed by atoms with E-state index in [9.17, 15) is 84.3 Å². The van der Waals surface area contributed by atoms with Crippen LogP contribution in [0.5, 0.6) is 11.5 Å². The highest BCUT2D eigenvalue weighted by Gasteiger charge is 2.46. The van der Waals surface area contributed by atoms with Gasteiger partial charge in [0.15, 0.2) is 5.82 Å². The van der Waals surface area contributed by atoms with Gasteiger partial charge in [-0.25, -0.2) is 19.6 Å². The standard InChI is InChI=1S/C94H134N10O34/c1-5-6-10-75-100-81-82(68-21-18-66(91(119)120)55-70(68)99-89(81)101-94(121)134-61-64-15-19-67(20-16-64)135-92-87(116)85(114)83(112)73(59-105)137-92)103(75)56-62-11-13-63(14-12-62)57-104(2,3)58-65-17-22-72(136-93-88(117)86(115)84(113)74(60-106)138-93)71(54-65)98-77(108)25-29-96-90(118)69(97-78(109)26-30-102-79(110)23-24-80(102)111)9-7-8-28-95-76(107)27-31-123-34-35-125-38-39-127-42-43-129-46-47-131-50-51-133-53-52-132-49-48-130-45-44-128-41-40-126-37-36-124-33-32-122-4/h11-24,54-55,69,73-74,83-88,92-93,105-106,112-117H,5-10,25-53,56-61H2,1-4H3,(H5-,95,96,97,98,99,101,107,108,109,118,119,120,121)/p+1/t69?,73-,74?,83-,84-,85+,86+,87+,88?,92?,93+/m1/s1. The number of imidazole rings is 1. The number of carbonyl (C=O) groups excluding carboxylic acids is 7. The van der Waals surface area contributed by atoms with Crippen molar-refractivity contribution < 1.29 is 169 Å². The van der Waals surface area contributed by atoms with Crippen molar-refractivity contribution in [2.24, 2.45) is 0 Å². The van der Waals surface area contributed by atoms with Crippen LogP contribution in [-0.4, -0.2) is 391 Å². The Hall–Kier alpha value is -10.1. The van der Waals surface area contributed by atoms with Gasteiger partial charge >= 0.3 is 12.1 Å². The molecular formula is C94H135N10O34+. The number of unbranched alkanes of at least 4 members (excludes halogenated alkanes) is 2. The van der Waals surface area contributed by atoms with Crippen molar-refractivity contribution in [2.45, 2.75) is 158 Å². The van der Waals surface area contributed by atoms with Crippen molar-refractivity contribution in [1.82, 2.24) is 35.4 Å². The smallest absolute Gasteiger partial charge is 0.413 e. The number of aliphatic hydroxyl groups is 8. The van der Waals surface area contributed by atoms with Gasteiger partial charge < -0.3 is 157 Å². The average Bonchev–Trinajstić information content (AvgIpc) is 1.58. The fourth-order valence-corrected chi connectivity index (χ4v) is 14.7. The van der Waals surface area contributed by atoms with E-state index >= 15 is 0 Å². The van der Waals surface area contributed by atoms with Gasteiger partial charge in [-0.15, -0.1) is 0 Å². The Morgan fingerprint density at radius 1 is 0.507 bits per heavy atom. The molecule has 2 aromatic heterocycles. The number of anilines is 2. The third-order valence-electron chi connectivity index (χ3n) is 22.0. The van der Waals surface area contributed by atoms with Crippen LogP contribution < -0.4 is 36.1 Å². The molecule has 7 amide bonds. The van der Waals surface area contributed by atoms with Crippen molar-refractivity contribution in [3.63, 3.8) is 0 Å². The van der Waals surface area contributed by atoms with Crippen LogP contribution in [-0.2, 0) is 132 Å². The molecule has 764 valence electrons. The van der Waals surface area contributed by atoms with E-state index in [-0.39, 0.29) is 112 Å². The SMILES string of the molecule is CCCCc1nc2c(NC(=O)OCc3ccc(OC4O[C@H](CO)[C@@H](O)[C@H](O)[C@@H]4O)cc3)nc3cc(C(=O)O)ccc3c2n1Cc1ccc(C[N+](C)(C)Cc2ccc(O[C@H]3OC(CO)[C@@H](O)[C@H](O)C3O)c(NC(=O)CCNC(=O)C(CCCCNC(=O)CCOCCOCCOCCOCCOCCOCCOCCOCCOCCOCCOCCOC)NC(=O)CCN3C(=O)C=CC3=O)c2)cc1. The highest BCUT2D eigenvalue weighted by atomic mass is 16.7. The number of amides is 7. The second kappa shape index (κ2) is 60.8. The van der Waals surface area contributed by atoms with E-state index in [4.69, 9.17) is 90.5 Å². The van der Waals surface area contributed by atoms with Crippen LogP contribution >= 0.6 is 0 Å². The van der Waals surface area contributed by atoms with Crippen molar-refractivity contribution in [3.05, 3.63) is 131 Å². The summed E-state index contributed by atoms with van der Waals surface area (Å²) >= 11 is 0. The first-order valence-corrected chi connectivity index (χ1v) is 46.3. The summed E-state index contributed by atoms with van der Waals surface area (Å²) in [6.07, 6.45) is -12.1. The Kier molecular flexibility index (Phi) is 49.2. The van der Waals surface area contributed by atoms with Gasteiger partial charge in [-0.3, -0.25) is 39.0 Å². The quantitative estimate of drug-likeness (QED) is 0.0145. The summed E-state index contributed by atoms with van der Waals surface area (Å²) in [5.41, 5.74) is 4.20. The van der Waals surface area contributed by atoms with Crippen LogP contribution in [0.2, 0.25) is 0 Å². The number of aromatic carboxylic acids is 1. The van der Waals surface area contributed by atoms with Gasteiger partial charge in [-0.05, 0) is 85.3 Å². The third kappa shape index (κ3) is 37.8. The molecule has 0 radical (unpaired) electrons. The number of quaternary nitrogens is 1. The van der Waals surface area contributed by atoms with E-state index < -0.39 is 122 Å². The number of aromatic nitrogens is 3. The molecule has 44 heteroatoms. The van der Waals surface area contributed by atoms with Gasteiger partial charge in [0.1, 0.15) is 97.4 Å². The molecule has 0 aliphatic carbocycles. The molecule has 11 atom stereocenters. The highest BCUT2D eigenvalue weighted by Crippen LogP contribution is 2.36. The summed E-state index contributed by atoms with van der Waals surface area (Å²) < 4.78 is 96.4. The first kappa shape index (κ1) is 112. The van der Waals surface area contributed by atoms with E-state index in [2.05, 4.69) is 26.6 Å². The molecule has 14 N–H and O–H groups in total. The summed E-state index contributed by atoms with van der Waals surface area (Å²) in [5.74, 6) is -3.74. The predicted molar refractivity (Wildman–Crippen MR) is 492 cm³/mol. The molecule has 44 nitrogen and oxygen atoms in total. The number of nitrogens with one attached hydrogen (secondary N) is 5. The summed E-state index contributed by atoms with van der Waals surface area (Å²) in [6.45, 7) is 10.8. The number of hydrogen-bond donors (Lipinski definition) is 14. The van der Waals surface area contributed by atoms with E-state index in [0.29, 0.717) is 209 Å². The molecule has 6 aromatic rings. The lowest BCUT2D eigenvalue weighted by Crippen LogP contribution is -2.60. The van der Waals surface area contributed by atoms with Crippen molar-refractivity contribution in [1.29, 1.82) is 0 Å². The van der Waals surface area contributed by atoms with Crippen LogP contribution in [0.3, 0.4) is 0 Å². The second-order valence-electron chi connectivity index (χ2n) is 33.2. The van der Waals surface area contributed by atoms with E-state index in [1.807, 2.05) is 49.9 Å². The van der Waals surface area contributed by atoms with E-state index in [1.165, 1.54) is 30.3 Å². The number of carboxylic acids is 1. The van der Waals surface area contributed by atoms with Gasteiger partial charge in [0.25, 0.3) is 11.8 Å². The third-order valence-corrected chi connectivity index (χ3v) is 22.0. The number of benzene rings is 4. The summed E-state index contributed by atoms with van der Waals surface area (Å²) in [6, 6.07) is 22.4. The predicted octanol–water partition coefficient (Wildman–Crippen LogP) is 1.31. The molecule has 0 bridgehead atoms. The zero-order chi connectivity index (χ0) is 99.0. The van der Waals surface area contributed by atoms with Crippen LogP contribution in [0.4, 0.5) is 16.3 Å². The minimum absolute atomic E-state index is 0.0156. The van der Waals surface area contributed by atoms with Gasteiger partial charge in [0.2, 0.25) is 36.2 Å². The monoisotopic (exact) mass is 1950 g/mol. The number of aliphatic hydroxyl groups excluding tert-OH is 8. The van der Waals surface area contributed by atoms with Crippen molar-refractivity contribution in [3.8, 4) is 11.5 Å². The maximum absolute atomic E-state index is 14.1. The van der Waals surface area contributed by atoms with E-state index in [0.717, 1.165) is 41.0 Å². The highest BCUT2D eigenvalue weighted by molar-refractivity contribution is 6.13. The number of imide groups is 1. The Bertz CT molecular complexity index is 4720. The maximum Gasteiger partial charge on any atom is 0.413 e. The summed E-state index contributed by atoms with van der Waals surface area (Å²) in [4.78, 5) is 116. The number of hydrogen-bond acceptors (Lipinski definition) is 35. The maximum atomic E-state index is 14.1. The van der Waals surface area contributed by atoms with Crippen LogP contribution in [0, 0.1) is 0 Å². The van der Waals surface area contributed by atoms with Crippen LogP contribution in [0.25, 0.3) is 21.9 Å². The summed E-state index contributed by atoms with van der Waals surface area (Å²) in [7, 11) is 5.62. The number of fused-ring (bicyclic) bond motifs is 3. The topological polar surface area (TPSA) is 570 Å². The molecule has 4 aromatic carbocycles. The van der Waals surface area contributed by atoms with Gasteiger partial charge in [-0.1, -0.05) is 49.7 Å². The minimum atomic E-state index is -1.82. The molecule has 138 heavy (non-hydrogen) atoms. The second-order valence-corrected chi connectivity index (χ2v) is 33.2. The largest absolute Gasteiger partial charge is 0.478 e. The molecule has 9 rings (SSSR count). The van der Waals surface area contributed by atoms with Gasteiger partial charge in [0.05, 0.1) is 202 Å². The first-order valence-electron chi connectivity index (χ1n) is 46.3. The van der Waals surface area contributed by atoms with Crippen molar-refractivity contribution in [2.75, 3.05) is 217 Å². The van der Waals surface area contributed by atoms with Crippen LogP contribution in [0.1, 0.15) is 96.7 Å². The lowest BCUT2D eigenvalue weighted by molar-refractivity contribution is -0.916. The fourth-order valence-electron chi connectivity index (χ4n) is 14.7. The Morgan fingerprint density at radius 2 is 1.01 bits per heavy atom. The number of rotatable bonds is 69. The molecule has 2 fully saturated rings. The van der Waals surface area contributed by atoms with Gasteiger partial charge in [0, 0.05) is 87.6 Å². The Labute approximate surface area is 799 Å². The zero-order valence-electron chi connectivity index (χ0n) is 78.5. The molecule has 4 unspecified atom stereocenters. The van der Waals surface area contributed by atoms with Crippen molar-refractivity contribution >= 4 is 80.9 Å². The fraction of sp³-hybridized carbons (Fsp3) is 0.596. The first-order chi connectivity index (χ1) is 66.8. The Balaban J connectivity index is 0.708. The number of pyridine rings is 1. The molecule has 3 aliphatic rings. The molecule has 2 saturated heterocycles. The molecule has 3 aliphatic heterocycles. The Morgan fingerprint density at radius 3 is 1.54 bits per heavy atom. The summed E-state index contributed by atoms with van der Waals surface area (Å²) in [5, 5.41) is 107. The zero-order valence-corrected chi connectivity index (χ0v) is 78.5. The molecular weight excluding hydrogens is 1810 g/mol. The number of carboxylic acid groups (broad SMARTS) is 1. The van der Waals surface area contributed by atoms with Crippen LogP contribution in [0.15, 0.2) is 97.1 Å². The molecule has 0 spiro atoms. The molecule has 5 heterocycles. The van der Waals surface area contributed by atoms with Gasteiger partial charge in [-0.2, -0.15) is 0 Å². The number of methoxy groups -OCH3 is 1. The normalized spacial score (nSPS) is 19.1. The number of aryl methyl sites for hydroxylation is 1. The number of nitrogens with zero attached hydrogens (tertiary/aromatic N) is 5. The van der Waals surface area contributed by atoms with E-state index in [1.54, 1.807) is 37.4 Å².